The van der Waals surface area contributed by atoms with Gasteiger partial charge in [0.15, 0.2) is 0 Å². The quantitative estimate of drug-likeness (QED) is 0.637. The zero-order valence-corrected chi connectivity index (χ0v) is 17.0. The van der Waals surface area contributed by atoms with Gasteiger partial charge in [0.2, 0.25) is 0 Å². The van der Waals surface area contributed by atoms with E-state index in [0.717, 1.165) is 23.2 Å². The third-order valence-corrected chi connectivity index (χ3v) is 5.28. The number of aromatic nitrogens is 1. The molecule has 0 radical (unpaired) electrons. The summed E-state index contributed by atoms with van der Waals surface area (Å²) in [4.78, 5) is 13.1. The Kier molecular flexibility index (Phi) is 5.98. The maximum Gasteiger partial charge on any atom is 0.268 e. The van der Waals surface area contributed by atoms with E-state index in [9.17, 15) is 9.18 Å². The van der Waals surface area contributed by atoms with Gasteiger partial charge in [-0.2, -0.15) is 0 Å². The first-order chi connectivity index (χ1) is 13.4. The van der Waals surface area contributed by atoms with E-state index >= 15 is 0 Å². The number of halogens is 1. The fourth-order valence-corrected chi connectivity index (χ4v) is 3.82. The SMILES string of the molecule is CCc1c(C)c(C(=O)NCc2ccc(F)cc2)n(Cc2cccc(C)c2)c1C. The molecule has 1 aromatic heterocycles. The Labute approximate surface area is 166 Å². The summed E-state index contributed by atoms with van der Waals surface area (Å²) in [6.07, 6.45) is 0.886. The highest BCUT2D eigenvalue weighted by Crippen LogP contribution is 2.24. The van der Waals surface area contributed by atoms with Gasteiger partial charge in [0.05, 0.1) is 0 Å². The summed E-state index contributed by atoms with van der Waals surface area (Å²) in [6, 6.07) is 14.6. The number of amides is 1. The van der Waals surface area contributed by atoms with Crippen molar-refractivity contribution >= 4 is 5.91 Å². The van der Waals surface area contributed by atoms with Crippen LogP contribution >= 0.6 is 0 Å². The molecule has 1 amide bonds. The van der Waals surface area contributed by atoms with E-state index < -0.39 is 0 Å². The second-order valence-corrected chi connectivity index (χ2v) is 7.28. The Hall–Kier alpha value is -2.88. The molecular formula is C24H27FN2O. The van der Waals surface area contributed by atoms with E-state index in [1.165, 1.54) is 28.8 Å². The zero-order chi connectivity index (χ0) is 20.3. The highest BCUT2D eigenvalue weighted by molar-refractivity contribution is 5.95. The van der Waals surface area contributed by atoms with Gasteiger partial charge in [0, 0.05) is 18.8 Å². The van der Waals surface area contributed by atoms with Crippen molar-refractivity contribution in [1.82, 2.24) is 9.88 Å². The van der Waals surface area contributed by atoms with E-state index in [1.807, 2.05) is 13.0 Å². The van der Waals surface area contributed by atoms with Crippen LogP contribution in [0.3, 0.4) is 0 Å². The lowest BCUT2D eigenvalue weighted by Gasteiger charge is -2.13. The summed E-state index contributed by atoms with van der Waals surface area (Å²) in [5.74, 6) is -0.376. The van der Waals surface area contributed by atoms with Crippen molar-refractivity contribution in [1.29, 1.82) is 0 Å². The summed E-state index contributed by atoms with van der Waals surface area (Å²) >= 11 is 0. The molecule has 0 bridgehead atoms. The van der Waals surface area contributed by atoms with Crippen LogP contribution in [0.1, 0.15) is 50.9 Å². The van der Waals surface area contributed by atoms with Crippen molar-refractivity contribution in [3.05, 3.63) is 93.6 Å². The van der Waals surface area contributed by atoms with E-state index in [1.54, 1.807) is 12.1 Å². The average molecular weight is 378 g/mol. The molecule has 4 heteroatoms. The highest BCUT2D eigenvalue weighted by Gasteiger charge is 2.21. The van der Waals surface area contributed by atoms with Gasteiger partial charge in [-0.3, -0.25) is 4.79 Å². The summed E-state index contributed by atoms with van der Waals surface area (Å²) in [5.41, 5.74) is 7.34. The van der Waals surface area contributed by atoms with Crippen LogP contribution in [0.15, 0.2) is 48.5 Å². The molecule has 3 aromatic rings. The van der Waals surface area contributed by atoms with Gasteiger partial charge >= 0.3 is 0 Å². The second kappa shape index (κ2) is 8.42. The Bertz CT molecular complexity index is 987. The zero-order valence-electron chi connectivity index (χ0n) is 17.0. The van der Waals surface area contributed by atoms with Crippen molar-refractivity contribution in [2.24, 2.45) is 0 Å². The Morgan fingerprint density at radius 2 is 1.75 bits per heavy atom. The molecule has 0 spiro atoms. The first-order valence-corrected chi connectivity index (χ1v) is 9.67. The summed E-state index contributed by atoms with van der Waals surface area (Å²) in [7, 11) is 0. The van der Waals surface area contributed by atoms with Crippen LogP contribution in [0.25, 0.3) is 0 Å². The maximum atomic E-state index is 13.1. The van der Waals surface area contributed by atoms with E-state index in [-0.39, 0.29) is 11.7 Å². The summed E-state index contributed by atoms with van der Waals surface area (Å²) < 4.78 is 15.2. The average Bonchev–Trinajstić information content (AvgIpc) is 2.90. The van der Waals surface area contributed by atoms with Gasteiger partial charge in [-0.15, -0.1) is 0 Å². The lowest BCUT2D eigenvalue weighted by atomic mass is 10.1. The molecule has 0 fully saturated rings. The number of hydrogen-bond donors (Lipinski definition) is 1. The topological polar surface area (TPSA) is 34.0 Å². The van der Waals surface area contributed by atoms with Crippen molar-refractivity contribution in [3.8, 4) is 0 Å². The van der Waals surface area contributed by atoms with Gasteiger partial charge in [-0.1, -0.05) is 48.9 Å². The number of carbonyl (C=O) groups excluding carboxylic acids is 1. The van der Waals surface area contributed by atoms with E-state index in [0.29, 0.717) is 18.8 Å². The number of benzene rings is 2. The van der Waals surface area contributed by atoms with Gasteiger partial charge in [-0.05, 0) is 61.6 Å². The van der Waals surface area contributed by atoms with Crippen molar-refractivity contribution in [2.45, 2.75) is 47.2 Å². The molecule has 1 N–H and O–H groups in total. The monoisotopic (exact) mass is 378 g/mol. The number of nitrogens with one attached hydrogen (secondary N) is 1. The van der Waals surface area contributed by atoms with Gasteiger partial charge in [-0.25, -0.2) is 4.39 Å². The van der Waals surface area contributed by atoms with Gasteiger partial charge < -0.3 is 9.88 Å². The maximum absolute atomic E-state index is 13.1. The smallest absolute Gasteiger partial charge is 0.268 e. The van der Waals surface area contributed by atoms with Crippen molar-refractivity contribution < 1.29 is 9.18 Å². The van der Waals surface area contributed by atoms with Crippen LogP contribution in [0.4, 0.5) is 4.39 Å². The molecule has 3 nitrogen and oxygen atoms in total. The fourth-order valence-electron chi connectivity index (χ4n) is 3.82. The lowest BCUT2D eigenvalue weighted by Crippen LogP contribution is -2.26. The Morgan fingerprint density at radius 3 is 2.39 bits per heavy atom. The van der Waals surface area contributed by atoms with Crippen LogP contribution in [-0.4, -0.2) is 10.5 Å². The number of carbonyl (C=O) groups is 1. The Balaban J connectivity index is 1.89. The van der Waals surface area contributed by atoms with Gasteiger partial charge in [0.1, 0.15) is 11.5 Å². The fraction of sp³-hybridized carbons (Fsp3) is 0.292. The molecule has 0 atom stereocenters. The molecule has 0 unspecified atom stereocenters. The minimum Gasteiger partial charge on any atom is -0.347 e. The van der Waals surface area contributed by atoms with Gasteiger partial charge in [0.25, 0.3) is 5.91 Å². The minimum atomic E-state index is -0.277. The van der Waals surface area contributed by atoms with Crippen LogP contribution in [0, 0.1) is 26.6 Å². The van der Waals surface area contributed by atoms with Crippen molar-refractivity contribution in [3.63, 3.8) is 0 Å². The van der Waals surface area contributed by atoms with Crippen LogP contribution in [0.2, 0.25) is 0 Å². The first-order valence-electron chi connectivity index (χ1n) is 9.67. The summed E-state index contributed by atoms with van der Waals surface area (Å²) in [5, 5.41) is 3.00. The highest BCUT2D eigenvalue weighted by atomic mass is 19.1. The number of aryl methyl sites for hydroxylation is 1. The van der Waals surface area contributed by atoms with Crippen LogP contribution < -0.4 is 5.32 Å². The lowest BCUT2D eigenvalue weighted by molar-refractivity contribution is 0.0941. The number of rotatable bonds is 6. The molecule has 1 heterocycles. The second-order valence-electron chi connectivity index (χ2n) is 7.28. The molecule has 3 rings (SSSR count). The van der Waals surface area contributed by atoms with E-state index in [2.05, 4.69) is 48.9 Å². The minimum absolute atomic E-state index is 0.0997. The number of nitrogens with zero attached hydrogens (tertiary/aromatic N) is 1. The van der Waals surface area contributed by atoms with E-state index in [4.69, 9.17) is 0 Å². The third kappa shape index (κ3) is 4.16. The standard InChI is InChI=1S/C24H27FN2O/c1-5-22-17(3)23(24(28)26-14-19-9-11-21(25)12-10-19)27(18(22)4)15-20-8-6-7-16(2)13-20/h6-13H,5,14-15H2,1-4H3,(H,26,28). The molecule has 0 saturated heterocycles. The normalized spacial score (nSPS) is 10.9. The number of hydrogen-bond acceptors (Lipinski definition) is 1. The predicted octanol–water partition coefficient (Wildman–Crippen LogP) is 5.09. The molecule has 0 aliphatic rings. The van der Waals surface area contributed by atoms with Crippen molar-refractivity contribution in [2.75, 3.05) is 0 Å². The largest absolute Gasteiger partial charge is 0.347 e. The predicted molar refractivity (Wildman–Crippen MR) is 111 cm³/mol. The molecule has 0 saturated carbocycles. The summed E-state index contributed by atoms with van der Waals surface area (Å²) in [6.45, 7) is 9.32. The third-order valence-electron chi connectivity index (χ3n) is 5.28. The van der Waals surface area contributed by atoms with Crippen LogP contribution in [0.5, 0.6) is 0 Å². The molecular weight excluding hydrogens is 351 g/mol. The molecule has 0 aliphatic carbocycles. The molecule has 0 aliphatic heterocycles. The molecule has 2 aromatic carbocycles. The van der Waals surface area contributed by atoms with Crippen LogP contribution in [-0.2, 0) is 19.5 Å². The Morgan fingerprint density at radius 1 is 1.04 bits per heavy atom. The molecule has 28 heavy (non-hydrogen) atoms. The molecule has 146 valence electrons. The first kappa shape index (κ1) is 19.9.